The van der Waals surface area contributed by atoms with E-state index in [0.29, 0.717) is 18.6 Å². The molecule has 1 atom stereocenters. The quantitative estimate of drug-likeness (QED) is 0.576. The summed E-state index contributed by atoms with van der Waals surface area (Å²) < 4.78 is 28.9. The number of anilines is 1. The van der Waals surface area contributed by atoms with E-state index in [1.165, 1.54) is 6.33 Å². The van der Waals surface area contributed by atoms with E-state index < -0.39 is 17.7 Å². The first-order chi connectivity index (χ1) is 16.3. The maximum Gasteiger partial charge on any atom is 0.243 e. The molecule has 0 spiro atoms. The number of nitrogens with zero attached hydrogens (tertiary/aromatic N) is 4. The molecule has 0 saturated carbocycles. The third-order valence-corrected chi connectivity index (χ3v) is 6.21. The van der Waals surface area contributed by atoms with Crippen LogP contribution in [0.15, 0.2) is 48.8 Å². The van der Waals surface area contributed by atoms with Gasteiger partial charge in [-0.15, -0.1) is 0 Å². The smallest absolute Gasteiger partial charge is 0.243 e. The molecule has 1 aliphatic heterocycles. The Morgan fingerprint density at radius 2 is 1.71 bits per heavy atom. The van der Waals surface area contributed by atoms with Crippen molar-refractivity contribution >= 4 is 28.5 Å². The number of amides is 2. The molecular weight excluding hydrogens is 440 g/mol. The summed E-state index contributed by atoms with van der Waals surface area (Å²) >= 11 is 0. The Labute approximate surface area is 197 Å². The summed E-state index contributed by atoms with van der Waals surface area (Å²) in [4.78, 5) is 33.8. The van der Waals surface area contributed by atoms with Crippen LogP contribution in [-0.4, -0.2) is 59.0 Å². The molecule has 1 N–H and O–H groups in total. The van der Waals surface area contributed by atoms with Crippen LogP contribution in [0.2, 0.25) is 0 Å². The zero-order chi connectivity index (χ0) is 24.2. The van der Waals surface area contributed by atoms with Gasteiger partial charge in [-0.25, -0.2) is 13.8 Å². The van der Waals surface area contributed by atoms with Crippen molar-refractivity contribution < 1.29 is 18.4 Å². The zero-order valence-corrected chi connectivity index (χ0v) is 19.4. The highest BCUT2D eigenvalue weighted by Crippen LogP contribution is 2.25. The Bertz CT molecular complexity index is 1160. The van der Waals surface area contributed by atoms with E-state index in [9.17, 15) is 18.4 Å². The first-order valence-electron chi connectivity index (χ1n) is 11.5. The lowest BCUT2D eigenvalue weighted by Gasteiger charge is -2.36. The van der Waals surface area contributed by atoms with E-state index in [-0.39, 0.29) is 36.2 Å². The van der Waals surface area contributed by atoms with E-state index in [2.05, 4.69) is 27.3 Å². The predicted molar refractivity (Wildman–Crippen MR) is 126 cm³/mol. The number of imidazole rings is 1. The number of aromatic nitrogens is 2. The van der Waals surface area contributed by atoms with Crippen LogP contribution < -0.4 is 10.2 Å². The highest BCUT2D eigenvalue weighted by atomic mass is 19.2. The van der Waals surface area contributed by atoms with Gasteiger partial charge in [0.1, 0.15) is 6.04 Å². The lowest BCUT2D eigenvalue weighted by molar-refractivity contribution is -0.131. The summed E-state index contributed by atoms with van der Waals surface area (Å²) in [6.07, 6.45) is 1.62. The number of piperazine rings is 1. The number of benzene rings is 2. The van der Waals surface area contributed by atoms with Crippen LogP contribution in [0.4, 0.5) is 14.5 Å². The molecule has 1 fully saturated rings. The van der Waals surface area contributed by atoms with Crippen molar-refractivity contribution in [2.75, 3.05) is 37.6 Å². The number of carbonyl (C=O) groups excluding carboxylic acids is 2. The molecule has 0 aliphatic carbocycles. The Balaban J connectivity index is 1.32. The summed E-state index contributed by atoms with van der Waals surface area (Å²) in [7, 11) is 0. The van der Waals surface area contributed by atoms with Crippen LogP contribution >= 0.6 is 0 Å². The predicted octanol–water partition coefficient (Wildman–Crippen LogP) is 3.37. The van der Waals surface area contributed by atoms with E-state index >= 15 is 0 Å². The molecule has 3 aromatic rings. The Kier molecular flexibility index (Phi) is 7.09. The van der Waals surface area contributed by atoms with Crippen molar-refractivity contribution in [2.24, 2.45) is 5.92 Å². The molecule has 180 valence electrons. The lowest BCUT2D eigenvalue weighted by atomic mass is 10.0. The number of hydrogen-bond acceptors (Lipinski definition) is 4. The second-order valence-corrected chi connectivity index (χ2v) is 8.84. The molecule has 1 saturated heterocycles. The van der Waals surface area contributed by atoms with Crippen molar-refractivity contribution in [1.29, 1.82) is 0 Å². The van der Waals surface area contributed by atoms with Crippen LogP contribution in [0.3, 0.4) is 0 Å². The second kappa shape index (κ2) is 10.2. The molecule has 1 aromatic heterocycles. The van der Waals surface area contributed by atoms with Gasteiger partial charge < -0.3 is 19.7 Å². The molecule has 0 bridgehead atoms. The molecule has 7 nitrogen and oxygen atoms in total. The summed E-state index contributed by atoms with van der Waals surface area (Å²) in [5.41, 5.74) is 1.78. The molecule has 2 amide bonds. The minimum atomic E-state index is -0.991. The highest BCUT2D eigenvalue weighted by Gasteiger charge is 2.27. The Hall–Kier alpha value is -3.49. The summed E-state index contributed by atoms with van der Waals surface area (Å²) in [5, 5.41) is 2.83. The molecule has 34 heavy (non-hydrogen) atoms. The SMILES string of the molecule is CC(C)C(C(=O)NCCC(=O)N1CCN(c2ccccc2)CC1)n1cnc2cc(F)c(F)cc21. The number of nitrogens with one attached hydrogen (secondary N) is 1. The highest BCUT2D eigenvalue weighted by molar-refractivity contribution is 5.85. The van der Waals surface area contributed by atoms with Crippen molar-refractivity contribution in [3.8, 4) is 0 Å². The standard InChI is InChI=1S/C25H29F2N5O2/c1-17(2)24(32-16-29-21-14-19(26)20(27)15-22(21)32)25(34)28-9-8-23(33)31-12-10-30(11-13-31)18-6-4-3-5-7-18/h3-7,14-17,24H,8-13H2,1-2H3,(H,28,34). The van der Waals surface area contributed by atoms with Crippen LogP contribution in [-0.2, 0) is 9.59 Å². The van der Waals surface area contributed by atoms with Gasteiger partial charge in [0.15, 0.2) is 11.6 Å². The van der Waals surface area contributed by atoms with Crippen molar-refractivity contribution in [3.63, 3.8) is 0 Å². The van der Waals surface area contributed by atoms with Crippen LogP contribution in [0.25, 0.3) is 11.0 Å². The van der Waals surface area contributed by atoms with Gasteiger partial charge in [0.25, 0.3) is 0 Å². The number of rotatable bonds is 7. The number of hydrogen-bond donors (Lipinski definition) is 1. The summed E-state index contributed by atoms with van der Waals surface area (Å²) in [6.45, 7) is 6.75. The molecule has 1 unspecified atom stereocenters. The largest absolute Gasteiger partial charge is 0.368 e. The molecule has 9 heteroatoms. The van der Waals surface area contributed by atoms with Crippen molar-refractivity contribution in [2.45, 2.75) is 26.3 Å². The maximum absolute atomic E-state index is 13.8. The molecule has 1 aliphatic rings. The minimum absolute atomic E-state index is 0.000245. The third kappa shape index (κ3) is 5.03. The van der Waals surface area contributed by atoms with E-state index in [1.54, 1.807) is 4.57 Å². The van der Waals surface area contributed by atoms with Gasteiger partial charge in [-0.1, -0.05) is 32.0 Å². The normalized spacial score (nSPS) is 15.1. The second-order valence-electron chi connectivity index (χ2n) is 8.84. The number of halogens is 2. The first-order valence-corrected chi connectivity index (χ1v) is 11.5. The number of fused-ring (bicyclic) bond motifs is 1. The molecule has 2 aromatic carbocycles. The monoisotopic (exact) mass is 469 g/mol. The minimum Gasteiger partial charge on any atom is -0.368 e. The van der Waals surface area contributed by atoms with Crippen LogP contribution in [0, 0.1) is 17.6 Å². The average molecular weight is 470 g/mol. The molecule has 0 radical (unpaired) electrons. The van der Waals surface area contributed by atoms with E-state index in [0.717, 1.165) is 30.9 Å². The van der Waals surface area contributed by atoms with Gasteiger partial charge in [0.05, 0.1) is 17.4 Å². The van der Waals surface area contributed by atoms with Gasteiger partial charge in [-0.3, -0.25) is 9.59 Å². The molecule has 4 rings (SSSR count). The van der Waals surface area contributed by atoms with Gasteiger partial charge in [0, 0.05) is 57.0 Å². The van der Waals surface area contributed by atoms with Crippen molar-refractivity contribution in [1.82, 2.24) is 19.8 Å². The average Bonchev–Trinajstić information content (AvgIpc) is 3.21. The van der Waals surface area contributed by atoms with Crippen molar-refractivity contribution in [3.05, 3.63) is 60.4 Å². The van der Waals surface area contributed by atoms with Crippen LogP contribution in [0.1, 0.15) is 26.3 Å². The Morgan fingerprint density at radius 1 is 1.03 bits per heavy atom. The Morgan fingerprint density at radius 3 is 2.38 bits per heavy atom. The van der Waals surface area contributed by atoms with Gasteiger partial charge in [-0.2, -0.15) is 0 Å². The number of para-hydroxylation sites is 1. The third-order valence-electron chi connectivity index (χ3n) is 6.21. The van der Waals surface area contributed by atoms with E-state index in [1.807, 2.05) is 36.9 Å². The summed E-state index contributed by atoms with van der Waals surface area (Å²) in [5.74, 6) is -2.39. The van der Waals surface area contributed by atoms with Gasteiger partial charge >= 0.3 is 0 Å². The molecule has 2 heterocycles. The van der Waals surface area contributed by atoms with Gasteiger partial charge in [-0.05, 0) is 18.1 Å². The topological polar surface area (TPSA) is 70.5 Å². The molecular formula is C25H29F2N5O2. The summed E-state index contributed by atoms with van der Waals surface area (Å²) in [6, 6.07) is 11.5. The fourth-order valence-corrected chi connectivity index (χ4v) is 4.40. The number of carbonyl (C=O) groups is 2. The zero-order valence-electron chi connectivity index (χ0n) is 19.4. The van der Waals surface area contributed by atoms with Gasteiger partial charge in [0.2, 0.25) is 11.8 Å². The van der Waals surface area contributed by atoms with Crippen LogP contribution in [0.5, 0.6) is 0 Å². The maximum atomic E-state index is 13.8. The fourth-order valence-electron chi connectivity index (χ4n) is 4.40. The first kappa shape index (κ1) is 23.7. The van der Waals surface area contributed by atoms with E-state index in [4.69, 9.17) is 0 Å². The lowest BCUT2D eigenvalue weighted by Crippen LogP contribution is -2.49. The fraction of sp³-hybridized carbons (Fsp3) is 0.400.